The van der Waals surface area contributed by atoms with E-state index in [1.165, 1.54) is 0 Å². The number of ether oxygens (including phenoxy) is 1. The number of hydrogen-bond donors (Lipinski definition) is 0. The molecular formula is C9H12Cl2N3OZn. The van der Waals surface area contributed by atoms with Gasteiger partial charge in [-0.15, -0.1) is 0 Å². The van der Waals surface area contributed by atoms with E-state index in [2.05, 4.69) is 4.98 Å². The third-order valence-corrected chi connectivity index (χ3v) is 1.76. The summed E-state index contributed by atoms with van der Waals surface area (Å²) in [5.41, 5.74) is 1.44. The maximum absolute atomic E-state index is 8.54. The van der Waals surface area contributed by atoms with Crippen LogP contribution in [-0.2, 0) is 19.5 Å². The summed E-state index contributed by atoms with van der Waals surface area (Å²) in [5, 5.41) is 8.54. The van der Waals surface area contributed by atoms with Crippen LogP contribution in [0.25, 0.3) is 4.98 Å². The number of rotatable bonds is 2. The average Bonchev–Trinajstić information content (AvgIpc) is 2.16. The Kier molecular flexibility index (Phi) is 12.6. The van der Waals surface area contributed by atoms with Crippen LogP contribution in [0.4, 0.5) is 11.4 Å². The summed E-state index contributed by atoms with van der Waals surface area (Å²) < 4.78 is 5.14. The Morgan fingerprint density at radius 2 is 1.81 bits per heavy atom. The van der Waals surface area contributed by atoms with Crippen molar-refractivity contribution in [3.8, 4) is 5.75 Å². The van der Waals surface area contributed by atoms with Gasteiger partial charge in [0.2, 0.25) is 5.39 Å². The van der Waals surface area contributed by atoms with Crippen molar-refractivity contribution in [3.05, 3.63) is 23.2 Å². The molecule has 0 bridgehead atoms. The molecule has 16 heavy (non-hydrogen) atoms. The molecule has 0 atom stereocenters. The minimum Gasteiger partial charge on any atom is -1.00 e. The van der Waals surface area contributed by atoms with Gasteiger partial charge < -0.3 is 34.5 Å². The number of methoxy groups -OCH3 is 1. The van der Waals surface area contributed by atoms with Gasteiger partial charge in [0.15, 0.2) is 4.98 Å². The molecular weight excluding hydrogens is 302 g/mol. The van der Waals surface area contributed by atoms with Crippen LogP contribution in [0.15, 0.2) is 18.2 Å². The topological polar surface area (TPSA) is 40.6 Å². The molecule has 0 saturated carbocycles. The molecule has 0 fully saturated rings. The fourth-order valence-electron chi connectivity index (χ4n) is 1.10. The second-order valence-electron chi connectivity index (χ2n) is 2.85. The predicted molar refractivity (Wildman–Crippen MR) is 52.1 cm³/mol. The quantitative estimate of drug-likeness (QED) is 0.416. The van der Waals surface area contributed by atoms with E-state index in [1.54, 1.807) is 19.2 Å². The van der Waals surface area contributed by atoms with Crippen molar-refractivity contribution in [3.63, 3.8) is 0 Å². The van der Waals surface area contributed by atoms with Gasteiger partial charge in [0.05, 0.1) is 18.9 Å². The summed E-state index contributed by atoms with van der Waals surface area (Å²) >= 11 is 0. The van der Waals surface area contributed by atoms with Gasteiger partial charge in [0.25, 0.3) is 0 Å². The SMILES string of the molecule is COc1cc([N+]#N)ccc1N(C)C.[Cl-].[Cl-].[Zn+]. The summed E-state index contributed by atoms with van der Waals surface area (Å²) in [6, 6.07) is 5.24. The molecule has 1 rings (SSSR count). The van der Waals surface area contributed by atoms with Gasteiger partial charge >= 0.3 is 25.2 Å². The predicted octanol–water partition coefficient (Wildman–Crippen LogP) is -3.75. The van der Waals surface area contributed by atoms with Crippen molar-refractivity contribution in [1.82, 2.24) is 0 Å². The first-order chi connectivity index (χ1) is 6.19. The van der Waals surface area contributed by atoms with Gasteiger partial charge in [-0.1, -0.05) is 0 Å². The third-order valence-electron chi connectivity index (χ3n) is 1.76. The maximum atomic E-state index is 8.54. The summed E-state index contributed by atoms with van der Waals surface area (Å²) in [6.07, 6.45) is 0. The molecule has 0 amide bonds. The molecule has 0 aromatic heterocycles. The molecule has 1 aromatic carbocycles. The van der Waals surface area contributed by atoms with Crippen LogP contribution >= 0.6 is 0 Å². The Morgan fingerprint density at radius 1 is 1.25 bits per heavy atom. The normalized spacial score (nSPS) is 7.38. The number of nitrogens with zero attached hydrogens (tertiary/aromatic N) is 3. The van der Waals surface area contributed by atoms with Crippen molar-refractivity contribution < 1.29 is 49.0 Å². The van der Waals surface area contributed by atoms with Crippen LogP contribution in [0.5, 0.6) is 5.75 Å². The zero-order valence-corrected chi connectivity index (χ0v) is 13.9. The van der Waals surface area contributed by atoms with E-state index in [0.29, 0.717) is 11.4 Å². The van der Waals surface area contributed by atoms with Crippen molar-refractivity contribution >= 4 is 11.4 Å². The van der Waals surface area contributed by atoms with Crippen molar-refractivity contribution in [2.45, 2.75) is 0 Å². The van der Waals surface area contributed by atoms with Gasteiger partial charge in [-0.2, -0.15) is 0 Å². The molecule has 0 heterocycles. The second kappa shape index (κ2) is 9.65. The van der Waals surface area contributed by atoms with E-state index in [1.807, 2.05) is 25.1 Å². The molecule has 1 aromatic rings. The number of benzene rings is 1. The molecule has 85 valence electrons. The molecule has 1 radical (unpaired) electrons. The first-order valence-electron chi connectivity index (χ1n) is 3.89. The first kappa shape index (κ1) is 20.8. The second-order valence-corrected chi connectivity index (χ2v) is 2.85. The molecule has 0 unspecified atom stereocenters. The minimum absolute atomic E-state index is 0. The smallest absolute Gasteiger partial charge is 1.00 e. The fourth-order valence-corrected chi connectivity index (χ4v) is 1.10. The molecule has 0 aliphatic carbocycles. The van der Waals surface area contributed by atoms with Gasteiger partial charge in [0, 0.05) is 20.2 Å². The third kappa shape index (κ3) is 4.98. The molecule has 4 nitrogen and oxygen atoms in total. The van der Waals surface area contributed by atoms with E-state index >= 15 is 0 Å². The molecule has 0 N–H and O–H groups in total. The molecule has 0 spiro atoms. The number of halogens is 2. The van der Waals surface area contributed by atoms with Gasteiger partial charge in [-0.3, -0.25) is 0 Å². The minimum atomic E-state index is 0. The largest absolute Gasteiger partial charge is 1.00 e. The van der Waals surface area contributed by atoms with Crippen LogP contribution < -0.4 is 34.5 Å². The van der Waals surface area contributed by atoms with Crippen molar-refractivity contribution in [2.24, 2.45) is 0 Å². The standard InChI is InChI=1S/C9H12N3O.2ClH.Zn/c1-12(2)8-5-4-7(11-10)6-9(8)13-3;;;/h4-6H,1-3H3;2*1H;/q+1;;;+1/p-2. The van der Waals surface area contributed by atoms with E-state index < -0.39 is 0 Å². The van der Waals surface area contributed by atoms with Crippen LogP contribution in [0.1, 0.15) is 0 Å². The molecule has 7 heteroatoms. The van der Waals surface area contributed by atoms with E-state index in [-0.39, 0.29) is 44.3 Å². The number of diazo groups is 1. The number of anilines is 1. The summed E-state index contributed by atoms with van der Waals surface area (Å²) in [7, 11) is 5.44. The Bertz CT molecular complexity index is 355. The summed E-state index contributed by atoms with van der Waals surface area (Å²) in [6.45, 7) is 0. The maximum Gasteiger partial charge on any atom is 1.00 e. The number of hydrogen-bond acceptors (Lipinski definition) is 3. The Morgan fingerprint density at radius 3 is 2.19 bits per heavy atom. The molecule has 0 saturated heterocycles. The van der Waals surface area contributed by atoms with E-state index in [4.69, 9.17) is 10.1 Å². The Hall–Kier alpha value is -0.557. The average molecular weight is 315 g/mol. The summed E-state index contributed by atoms with van der Waals surface area (Å²) in [4.78, 5) is 5.01. The zero-order chi connectivity index (χ0) is 9.84. The monoisotopic (exact) mass is 312 g/mol. The zero-order valence-electron chi connectivity index (χ0n) is 9.44. The van der Waals surface area contributed by atoms with Gasteiger partial charge in [-0.25, -0.2) is 0 Å². The Balaban J connectivity index is -0.000000563. The van der Waals surface area contributed by atoms with E-state index in [0.717, 1.165) is 5.69 Å². The molecule has 0 aliphatic heterocycles. The van der Waals surface area contributed by atoms with Gasteiger partial charge in [-0.05, 0) is 6.07 Å². The van der Waals surface area contributed by atoms with Crippen LogP contribution in [0.3, 0.4) is 0 Å². The van der Waals surface area contributed by atoms with Gasteiger partial charge in [0.1, 0.15) is 5.75 Å². The van der Waals surface area contributed by atoms with Crippen LogP contribution in [-0.4, -0.2) is 21.2 Å². The van der Waals surface area contributed by atoms with Crippen LogP contribution in [0, 0.1) is 5.39 Å². The van der Waals surface area contributed by atoms with Crippen molar-refractivity contribution in [1.29, 1.82) is 5.39 Å². The fraction of sp³-hybridized carbons (Fsp3) is 0.333. The first-order valence-corrected chi connectivity index (χ1v) is 3.89. The van der Waals surface area contributed by atoms with E-state index in [9.17, 15) is 0 Å². The van der Waals surface area contributed by atoms with Crippen LogP contribution in [0.2, 0.25) is 0 Å². The summed E-state index contributed by atoms with van der Waals surface area (Å²) in [5.74, 6) is 0.695. The van der Waals surface area contributed by atoms with Crippen molar-refractivity contribution in [2.75, 3.05) is 26.1 Å². The Labute approximate surface area is 121 Å². The molecule has 0 aliphatic rings.